The van der Waals surface area contributed by atoms with Crippen LogP contribution in [0, 0.1) is 17.2 Å². The van der Waals surface area contributed by atoms with Crippen LogP contribution in [0.1, 0.15) is 37.0 Å². The summed E-state index contributed by atoms with van der Waals surface area (Å²) >= 11 is 0. The van der Waals surface area contributed by atoms with Gasteiger partial charge in [-0.1, -0.05) is 19.1 Å². The number of hydrogen-bond acceptors (Lipinski definition) is 3. The van der Waals surface area contributed by atoms with Gasteiger partial charge in [0.2, 0.25) is 0 Å². The standard InChI is InChI=1S/C14H18N2O/c1-10-6-7-16-13(8-10)14(17)12-4-2-11(9-15)3-5-12/h2-5,10,13-14,16-17H,6-8H2,1H3. The molecular formula is C14H18N2O. The molecule has 0 spiro atoms. The van der Waals surface area contributed by atoms with Crippen molar-refractivity contribution < 1.29 is 5.11 Å². The normalized spacial score (nSPS) is 26.2. The van der Waals surface area contributed by atoms with Crippen LogP contribution in [0.15, 0.2) is 24.3 Å². The van der Waals surface area contributed by atoms with Crippen LogP contribution in [0.3, 0.4) is 0 Å². The SMILES string of the molecule is CC1CCNC(C(O)c2ccc(C#N)cc2)C1. The van der Waals surface area contributed by atoms with Crippen LogP contribution in [0.4, 0.5) is 0 Å². The van der Waals surface area contributed by atoms with Gasteiger partial charge in [0.15, 0.2) is 0 Å². The Bertz CT molecular complexity index is 407. The van der Waals surface area contributed by atoms with E-state index in [1.165, 1.54) is 6.42 Å². The highest BCUT2D eigenvalue weighted by Crippen LogP contribution is 2.25. The van der Waals surface area contributed by atoms with Crippen LogP contribution in [-0.2, 0) is 0 Å². The van der Waals surface area contributed by atoms with Crippen LogP contribution in [-0.4, -0.2) is 17.7 Å². The molecule has 2 rings (SSSR count). The molecule has 1 heterocycles. The number of hydrogen-bond donors (Lipinski definition) is 2. The number of piperidine rings is 1. The van der Waals surface area contributed by atoms with Gasteiger partial charge in [0, 0.05) is 6.04 Å². The molecule has 0 aliphatic carbocycles. The molecule has 1 saturated heterocycles. The van der Waals surface area contributed by atoms with Crippen molar-refractivity contribution in [2.45, 2.75) is 31.9 Å². The Morgan fingerprint density at radius 1 is 1.41 bits per heavy atom. The first-order chi connectivity index (χ1) is 8.20. The summed E-state index contributed by atoms with van der Waals surface area (Å²) in [6.45, 7) is 3.19. The second-order valence-corrected chi connectivity index (χ2v) is 4.87. The largest absolute Gasteiger partial charge is 0.387 e. The van der Waals surface area contributed by atoms with Gasteiger partial charge < -0.3 is 10.4 Å². The molecule has 17 heavy (non-hydrogen) atoms. The number of benzene rings is 1. The minimum Gasteiger partial charge on any atom is -0.387 e. The molecule has 3 nitrogen and oxygen atoms in total. The number of aliphatic hydroxyl groups is 1. The van der Waals surface area contributed by atoms with Gasteiger partial charge in [0.25, 0.3) is 0 Å². The Labute approximate surface area is 102 Å². The van der Waals surface area contributed by atoms with Gasteiger partial charge >= 0.3 is 0 Å². The lowest BCUT2D eigenvalue weighted by Gasteiger charge is -2.31. The molecule has 2 N–H and O–H groups in total. The number of aliphatic hydroxyl groups excluding tert-OH is 1. The Morgan fingerprint density at radius 3 is 2.71 bits per heavy atom. The summed E-state index contributed by atoms with van der Waals surface area (Å²) in [5, 5.41) is 22.4. The zero-order chi connectivity index (χ0) is 12.3. The zero-order valence-corrected chi connectivity index (χ0v) is 10.1. The number of nitrogens with zero attached hydrogens (tertiary/aromatic N) is 1. The molecule has 1 aromatic carbocycles. The highest BCUT2D eigenvalue weighted by Gasteiger charge is 2.25. The third-order valence-corrected chi connectivity index (χ3v) is 3.46. The van der Waals surface area contributed by atoms with E-state index >= 15 is 0 Å². The topological polar surface area (TPSA) is 56.0 Å². The van der Waals surface area contributed by atoms with E-state index in [1.54, 1.807) is 12.1 Å². The van der Waals surface area contributed by atoms with Crippen LogP contribution in [0.25, 0.3) is 0 Å². The van der Waals surface area contributed by atoms with E-state index in [-0.39, 0.29) is 6.04 Å². The van der Waals surface area contributed by atoms with Crippen molar-refractivity contribution in [2.75, 3.05) is 6.54 Å². The summed E-state index contributed by atoms with van der Waals surface area (Å²) in [6.07, 6.45) is 1.70. The fourth-order valence-corrected chi connectivity index (χ4v) is 2.38. The summed E-state index contributed by atoms with van der Waals surface area (Å²) in [6, 6.07) is 9.40. The molecule has 0 aromatic heterocycles. The van der Waals surface area contributed by atoms with E-state index in [2.05, 4.69) is 18.3 Å². The lowest BCUT2D eigenvalue weighted by molar-refractivity contribution is 0.101. The second-order valence-electron chi connectivity index (χ2n) is 4.87. The maximum atomic E-state index is 10.3. The van der Waals surface area contributed by atoms with E-state index in [0.717, 1.165) is 18.5 Å². The van der Waals surface area contributed by atoms with Gasteiger partial charge in [0.05, 0.1) is 17.7 Å². The number of rotatable bonds is 2. The van der Waals surface area contributed by atoms with E-state index in [1.807, 2.05) is 12.1 Å². The molecule has 0 saturated carbocycles. The van der Waals surface area contributed by atoms with Gasteiger partial charge in [-0.05, 0) is 43.0 Å². The van der Waals surface area contributed by atoms with Crippen molar-refractivity contribution in [1.29, 1.82) is 5.26 Å². The average molecular weight is 230 g/mol. The summed E-state index contributed by atoms with van der Waals surface area (Å²) in [5.74, 6) is 0.661. The average Bonchev–Trinajstić information content (AvgIpc) is 2.38. The molecule has 3 atom stereocenters. The van der Waals surface area contributed by atoms with Gasteiger partial charge in [-0.15, -0.1) is 0 Å². The van der Waals surface area contributed by atoms with Crippen LogP contribution in [0.2, 0.25) is 0 Å². The van der Waals surface area contributed by atoms with Gasteiger partial charge in [-0.2, -0.15) is 5.26 Å². The molecule has 0 amide bonds. The van der Waals surface area contributed by atoms with Crippen LogP contribution >= 0.6 is 0 Å². The Hall–Kier alpha value is -1.37. The first-order valence-corrected chi connectivity index (χ1v) is 6.12. The van der Waals surface area contributed by atoms with Crippen molar-refractivity contribution in [2.24, 2.45) is 5.92 Å². The summed E-state index contributed by atoms with van der Waals surface area (Å²) < 4.78 is 0. The Balaban J connectivity index is 2.07. The molecule has 1 aromatic rings. The highest BCUT2D eigenvalue weighted by molar-refractivity contribution is 5.32. The Morgan fingerprint density at radius 2 is 2.12 bits per heavy atom. The van der Waals surface area contributed by atoms with Crippen LogP contribution < -0.4 is 5.32 Å². The minimum absolute atomic E-state index is 0.131. The van der Waals surface area contributed by atoms with E-state index in [0.29, 0.717) is 11.5 Å². The number of nitrogens with one attached hydrogen (secondary N) is 1. The van der Waals surface area contributed by atoms with Crippen molar-refractivity contribution >= 4 is 0 Å². The molecular weight excluding hydrogens is 212 g/mol. The molecule has 3 heteroatoms. The maximum absolute atomic E-state index is 10.3. The molecule has 90 valence electrons. The predicted molar refractivity (Wildman–Crippen MR) is 66.3 cm³/mol. The van der Waals surface area contributed by atoms with Gasteiger partial charge in [0.1, 0.15) is 0 Å². The fraction of sp³-hybridized carbons (Fsp3) is 0.500. The summed E-state index contributed by atoms with van der Waals surface area (Å²) in [5.41, 5.74) is 1.52. The maximum Gasteiger partial charge on any atom is 0.0991 e. The monoisotopic (exact) mass is 230 g/mol. The third-order valence-electron chi connectivity index (χ3n) is 3.46. The van der Waals surface area contributed by atoms with Crippen molar-refractivity contribution in [3.05, 3.63) is 35.4 Å². The van der Waals surface area contributed by atoms with Crippen molar-refractivity contribution in [3.8, 4) is 6.07 Å². The number of nitriles is 1. The van der Waals surface area contributed by atoms with Crippen LogP contribution in [0.5, 0.6) is 0 Å². The predicted octanol–water partition coefficient (Wildman–Crippen LogP) is 1.98. The molecule has 1 aliphatic heterocycles. The quantitative estimate of drug-likeness (QED) is 0.816. The van der Waals surface area contributed by atoms with Crippen molar-refractivity contribution in [1.82, 2.24) is 5.32 Å². The minimum atomic E-state index is -0.481. The second kappa shape index (κ2) is 5.31. The zero-order valence-electron chi connectivity index (χ0n) is 10.1. The highest BCUT2D eigenvalue weighted by atomic mass is 16.3. The molecule has 1 aliphatic rings. The lowest BCUT2D eigenvalue weighted by atomic mass is 9.88. The molecule has 1 fully saturated rings. The first kappa shape index (κ1) is 12.1. The lowest BCUT2D eigenvalue weighted by Crippen LogP contribution is -2.41. The van der Waals surface area contributed by atoms with Gasteiger partial charge in [-0.3, -0.25) is 0 Å². The molecule has 0 bridgehead atoms. The molecule has 0 radical (unpaired) electrons. The van der Waals surface area contributed by atoms with Gasteiger partial charge in [-0.25, -0.2) is 0 Å². The van der Waals surface area contributed by atoms with E-state index in [4.69, 9.17) is 5.26 Å². The smallest absolute Gasteiger partial charge is 0.0991 e. The summed E-state index contributed by atoms with van der Waals surface area (Å²) in [7, 11) is 0. The van der Waals surface area contributed by atoms with Crippen molar-refractivity contribution in [3.63, 3.8) is 0 Å². The fourth-order valence-electron chi connectivity index (χ4n) is 2.38. The third kappa shape index (κ3) is 2.85. The first-order valence-electron chi connectivity index (χ1n) is 6.12. The van der Waals surface area contributed by atoms with E-state index < -0.39 is 6.10 Å². The summed E-state index contributed by atoms with van der Waals surface area (Å²) in [4.78, 5) is 0. The Kier molecular flexibility index (Phi) is 3.78. The molecule has 3 unspecified atom stereocenters. The van der Waals surface area contributed by atoms with E-state index in [9.17, 15) is 5.11 Å².